The average molecular weight is 482 g/mol. The number of fused-ring (bicyclic) bond motifs is 1. The molecule has 0 bridgehead atoms. The van der Waals surface area contributed by atoms with Gasteiger partial charge in [0.25, 0.3) is 5.91 Å². The Bertz CT molecular complexity index is 996. The number of carboxylic acid groups (broad SMARTS) is 1. The molecular formula is C23H30F3N5O3. The van der Waals surface area contributed by atoms with Gasteiger partial charge in [0.05, 0.1) is 12.2 Å². The smallest absolute Gasteiger partial charge is 0.475 e. The molecule has 34 heavy (non-hydrogen) atoms. The molecule has 0 radical (unpaired) electrons. The topological polar surface area (TPSA) is 91.6 Å². The van der Waals surface area contributed by atoms with Crippen molar-refractivity contribution in [2.24, 2.45) is 0 Å². The Labute approximate surface area is 196 Å². The summed E-state index contributed by atoms with van der Waals surface area (Å²) in [5, 5.41) is 16.0. The number of carbonyl (C=O) groups excluding carboxylic acids is 1. The van der Waals surface area contributed by atoms with Crippen LogP contribution in [0.2, 0.25) is 0 Å². The van der Waals surface area contributed by atoms with E-state index in [0.717, 1.165) is 67.2 Å². The molecule has 0 aliphatic carbocycles. The van der Waals surface area contributed by atoms with Crippen molar-refractivity contribution >= 4 is 11.9 Å². The minimum Gasteiger partial charge on any atom is -0.475 e. The fraction of sp³-hybridized carbons (Fsp3) is 0.565. The predicted octanol–water partition coefficient (Wildman–Crippen LogP) is 3.56. The number of aliphatic carboxylic acids is 1. The van der Waals surface area contributed by atoms with E-state index in [4.69, 9.17) is 9.90 Å². The average Bonchev–Trinajstić information content (AvgIpc) is 3.00. The van der Waals surface area contributed by atoms with Crippen LogP contribution in [-0.4, -0.2) is 67.6 Å². The van der Waals surface area contributed by atoms with E-state index in [2.05, 4.69) is 21.3 Å². The molecule has 1 saturated heterocycles. The number of aromatic nitrogens is 3. The zero-order valence-electron chi connectivity index (χ0n) is 19.4. The van der Waals surface area contributed by atoms with Crippen molar-refractivity contribution < 1.29 is 27.9 Å². The zero-order valence-corrected chi connectivity index (χ0v) is 19.4. The van der Waals surface area contributed by atoms with E-state index in [1.165, 1.54) is 19.3 Å². The van der Waals surface area contributed by atoms with Crippen molar-refractivity contribution in [3.8, 4) is 0 Å². The summed E-state index contributed by atoms with van der Waals surface area (Å²) in [4.78, 5) is 26.5. The molecule has 1 aromatic heterocycles. The number of benzene rings is 1. The summed E-state index contributed by atoms with van der Waals surface area (Å²) in [5.41, 5.74) is 5.19. The van der Waals surface area contributed by atoms with Gasteiger partial charge in [-0.1, -0.05) is 28.8 Å². The Kier molecular flexibility index (Phi) is 8.29. The fourth-order valence-corrected chi connectivity index (χ4v) is 4.30. The number of hydrogen-bond donors (Lipinski definition) is 1. The Balaban J connectivity index is 0.000000406. The van der Waals surface area contributed by atoms with E-state index in [1.807, 2.05) is 35.6 Å². The second-order valence-electron chi connectivity index (χ2n) is 8.80. The zero-order chi connectivity index (χ0) is 24.9. The number of likely N-dealkylation sites (tertiary alicyclic amines) is 1. The Hall–Kier alpha value is -2.95. The van der Waals surface area contributed by atoms with Gasteiger partial charge < -0.3 is 10.0 Å². The van der Waals surface area contributed by atoms with Crippen LogP contribution in [0.4, 0.5) is 13.2 Å². The molecule has 1 N–H and O–H groups in total. The van der Waals surface area contributed by atoms with Crippen LogP contribution in [0.1, 0.15) is 58.6 Å². The lowest BCUT2D eigenvalue weighted by Gasteiger charge is -2.26. The van der Waals surface area contributed by atoms with Gasteiger partial charge >= 0.3 is 12.1 Å². The van der Waals surface area contributed by atoms with Crippen LogP contribution in [0.15, 0.2) is 18.2 Å². The van der Waals surface area contributed by atoms with Crippen LogP contribution in [0, 0.1) is 13.8 Å². The number of hydrogen-bond acceptors (Lipinski definition) is 5. The SMILES string of the molecule is Cc1cc(C)cc(C(=O)N2CCCn3nnc(CN4CCCCC4)c3C2)c1.O=C(O)C(F)(F)F. The maximum absolute atomic E-state index is 13.2. The standard InChI is InChI=1S/C21H29N5O.C2HF3O2/c1-16-11-17(2)13-18(12-16)21(27)25-9-6-10-26-20(15-25)19(22-23-26)14-24-7-4-3-5-8-24;3-2(4,5)1(6)7/h11-13H,3-10,14-15H2,1-2H3;(H,6,7). The number of rotatable bonds is 3. The highest BCUT2D eigenvalue weighted by Gasteiger charge is 2.38. The third-order valence-corrected chi connectivity index (χ3v) is 5.88. The molecule has 2 aliphatic rings. The Morgan fingerprint density at radius 2 is 1.59 bits per heavy atom. The summed E-state index contributed by atoms with van der Waals surface area (Å²) >= 11 is 0. The summed E-state index contributed by atoms with van der Waals surface area (Å²) in [7, 11) is 0. The molecule has 1 amide bonds. The van der Waals surface area contributed by atoms with Gasteiger partial charge in [0, 0.05) is 25.2 Å². The normalized spacial score (nSPS) is 16.8. The molecule has 8 nitrogen and oxygen atoms in total. The lowest BCUT2D eigenvalue weighted by atomic mass is 10.1. The first-order chi connectivity index (χ1) is 16.0. The highest BCUT2D eigenvalue weighted by Crippen LogP contribution is 2.21. The second kappa shape index (κ2) is 11.0. The van der Waals surface area contributed by atoms with E-state index in [0.29, 0.717) is 6.54 Å². The van der Waals surface area contributed by atoms with Crippen molar-refractivity contribution in [1.29, 1.82) is 0 Å². The van der Waals surface area contributed by atoms with E-state index >= 15 is 0 Å². The monoisotopic (exact) mass is 481 g/mol. The van der Waals surface area contributed by atoms with E-state index < -0.39 is 12.1 Å². The van der Waals surface area contributed by atoms with Gasteiger partial charge in [-0.3, -0.25) is 9.69 Å². The fourth-order valence-electron chi connectivity index (χ4n) is 4.30. The summed E-state index contributed by atoms with van der Waals surface area (Å²) in [5.74, 6) is -2.65. The lowest BCUT2D eigenvalue weighted by molar-refractivity contribution is -0.192. The molecule has 0 atom stereocenters. The van der Waals surface area contributed by atoms with E-state index in [-0.39, 0.29) is 5.91 Å². The minimum absolute atomic E-state index is 0.111. The number of carbonyl (C=O) groups is 2. The van der Waals surface area contributed by atoms with Gasteiger partial charge in [-0.15, -0.1) is 5.10 Å². The number of alkyl halides is 3. The summed E-state index contributed by atoms with van der Waals surface area (Å²) in [6, 6.07) is 6.09. The number of aryl methyl sites for hydroxylation is 3. The summed E-state index contributed by atoms with van der Waals surface area (Å²) < 4.78 is 33.7. The molecule has 0 spiro atoms. The Morgan fingerprint density at radius 3 is 2.18 bits per heavy atom. The molecular weight excluding hydrogens is 451 g/mol. The van der Waals surface area contributed by atoms with Crippen LogP contribution in [0.3, 0.4) is 0 Å². The maximum atomic E-state index is 13.2. The van der Waals surface area contributed by atoms with Crippen LogP contribution >= 0.6 is 0 Å². The Morgan fingerprint density at radius 1 is 0.971 bits per heavy atom. The number of carboxylic acids is 1. The van der Waals surface area contributed by atoms with Crippen molar-refractivity contribution in [1.82, 2.24) is 24.8 Å². The van der Waals surface area contributed by atoms with Crippen molar-refractivity contribution in [2.45, 2.75) is 65.3 Å². The molecule has 2 aliphatic heterocycles. The van der Waals surface area contributed by atoms with Gasteiger partial charge in [0.2, 0.25) is 0 Å². The number of halogens is 3. The summed E-state index contributed by atoms with van der Waals surface area (Å²) in [6.45, 7) is 9.40. The first-order valence-corrected chi connectivity index (χ1v) is 11.4. The van der Waals surface area contributed by atoms with Gasteiger partial charge in [0.1, 0.15) is 5.69 Å². The maximum Gasteiger partial charge on any atom is 0.490 e. The van der Waals surface area contributed by atoms with Gasteiger partial charge in [-0.05, 0) is 58.3 Å². The first kappa shape index (κ1) is 25.7. The quantitative estimate of drug-likeness (QED) is 0.721. The van der Waals surface area contributed by atoms with Crippen LogP contribution in [0.25, 0.3) is 0 Å². The largest absolute Gasteiger partial charge is 0.490 e. The third kappa shape index (κ3) is 6.78. The molecule has 2 aromatic rings. The van der Waals surface area contributed by atoms with Crippen LogP contribution < -0.4 is 0 Å². The van der Waals surface area contributed by atoms with Crippen LogP contribution in [-0.2, 0) is 24.4 Å². The van der Waals surface area contributed by atoms with Crippen LogP contribution in [0.5, 0.6) is 0 Å². The molecule has 1 aromatic carbocycles. The highest BCUT2D eigenvalue weighted by molar-refractivity contribution is 5.94. The summed E-state index contributed by atoms with van der Waals surface area (Å²) in [6.07, 6.45) is -0.314. The minimum atomic E-state index is -5.08. The van der Waals surface area contributed by atoms with E-state index in [1.54, 1.807) is 0 Å². The second-order valence-corrected chi connectivity index (χ2v) is 8.80. The number of piperidine rings is 1. The van der Waals surface area contributed by atoms with E-state index in [9.17, 15) is 18.0 Å². The molecule has 3 heterocycles. The lowest BCUT2D eigenvalue weighted by Crippen LogP contribution is -2.32. The molecule has 4 rings (SSSR count). The number of nitrogens with zero attached hydrogens (tertiary/aromatic N) is 5. The number of amides is 1. The van der Waals surface area contributed by atoms with Crippen molar-refractivity contribution in [3.63, 3.8) is 0 Å². The van der Waals surface area contributed by atoms with Crippen molar-refractivity contribution in [2.75, 3.05) is 19.6 Å². The van der Waals surface area contributed by atoms with Crippen molar-refractivity contribution in [3.05, 3.63) is 46.3 Å². The van der Waals surface area contributed by atoms with Gasteiger partial charge in [-0.25, -0.2) is 9.48 Å². The molecule has 11 heteroatoms. The third-order valence-electron chi connectivity index (χ3n) is 5.88. The molecule has 0 unspecified atom stereocenters. The first-order valence-electron chi connectivity index (χ1n) is 11.4. The van der Waals surface area contributed by atoms with Gasteiger partial charge in [0.15, 0.2) is 0 Å². The van der Waals surface area contributed by atoms with Gasteiger partial charge in [-0.2, -0.15) is 13.2 Å². The molecule has 0 saturated carbocycles. The molecule has 1 fully saturated rings. The molecule has 186 valence electrons. The highest BCUT2D eigenvalue weighted by atomic mass is 19.4. The predicted molar refractivity (Wildman–Crippen MR) is 118 cm³/mol.